The first kappa shape index (κ1) is 14.4. The molecule has 0 amide bonds. The van der Waals surface area contributed by atoms with E-state index in [9.17, 15) is 4.39 Å². The molecule has 0 fully saturated rings. The largest absolute Gasteiger partial charge is 0.493 e. The molecule has 1 aromatic carbocycles. The molecule has 0 aliphatic carbocycles. The molecule has 0 unspecified atom stereocenters. The summed E-state index contributed by atoms with van der Waals surface area (Å²) >= 11 is 0. The van der Waals surface area contributed by atoms with Crippen molar-refractivity contribution in [2.45, 2.75) is 19.3 Å². The van der Waals surface area contributed by atoms with Crippen molar-refractivity contribution >= 4 is 17.0 Å². The van der Waals surface area contributed by atoms with Gasteiger partial charge >= 0.3 is 0 Å². The Labute approximate surface area is 100 Å². The van der Waals surface area contributed by atoms with E-state index < -0.39 is 0 Å². The second-order valence-electron chi connectivity index (χ2n) is 3.18. The number of benzene rings is 1. The Kier molecular flexibility index (Phi) is 7.34. The van der Waals surface area contributed by atoms with Crippen LogP contribution in [0.3, 0.4) is 0 Å². The first-order valence-corrected chi connectivity index (χ1v) is 4.81. The van der Waals surface area contributed by atoms with E-state index >= 15 is 0 Å². The van der Waals surface area contributed by atoms with E-state index in [-0.39, 0.29) is 22.8 Å². The number of aryl methyl sites for hydroxylation is 1. The molecule has 1 aromatic rings. The maximum atomic E-state index is 13.2. The minimum absolute atomic E-state index is 0. The summed E-state index contributed by atoms with van der Waals surface area (Å²) in [5.74, 6) is 0.0715. The number of hydrogen-bond acceptors (Lipinski definition) is 2. The average molecular weight is 278 g/mol. The molecule has 0 aromatic heterocycles. The summed E-state index contributed by atoms with van der Waals surface area (Å²) in [6.45, 7) is 0.678. The van der Waals surface area contributed by atoms with E-state index in [4.69, 9.17) is 10.5 Å². The van der Waals surface area contributed by atoms with Crippen LogP contribution in [-0.4, -0.2) is 13.7 Å². The van der Waals surface area contributed by atoms with Gasteiger partial charge in [0.05, 0.1) is 7.11 Å². The molecule has 0 heterocycles. The molecule has 2 N–H and O–H groups in total. The van der Waals surface area contributed by atoms with Crippen LogP contribution in [0.2, 0.25) is 0 Å². The van der Waals surface area contributed by atoms with Crippen molar-refractivity contribution < 1.29 is 9.13 Å². The third kappa shape index (κ3) is 4.18. The highest BCUT2D eigenvalue weighted by molar-refractivity contribution is 8.93. The van der Waals surface area contributed by atoms with E-state index in [0.717, 1.165) is 24.8 Å². The van der Waals surface area contributed by atoms with Crippen molar-refractivity contribution in [1.82, 2.24) is 0 Å². The van der Waals surface area contributed by atoms with Crippen LogP contribution in [0.15, 0.2) is 18.2 Å². The average Bonchev–Trinajstić information content (AvgIpc) is 2.18. The Balaban J connectivity index is 0.00000196. The number of ether oxygens (including phenoxy) is 1. The molecule has 1 rings (SSSR count). The fraction of sp³-hybridized carbons (Fsp3) is 0.455. The van der Waals surface area contributed by atoms with Gasteiger partial charge in [-0.3, -0.25) is 0 Å². The summed E-state index contributed by atoms with van der Waals surface area (Å²) in [6.07, 6.45) is 2.74. The van der Waals surface area contributed by atoms with E-state index in [1.165, 1.54) is 13.2 Å². The topological polar surface area (TPSA) is 35.2 Å². The Hall–Kier alpha value is -0.610. The standard InChI is InChI=1S/C11H16FNO.BrH/c1-14-11-9(5-2-3-8-13)6-4-7-10(11)12;/h4,6-7H,2-3,5,8,13H2,1H3;1H. The number of hydrogen-bond donors (Lipinski definition) is 1. The van der Waals surface area contributed by atoms with E-state index in [1.807, 2.05) is 6.07 Å². The predicted octanol–water partition coefficient (Wildman–Crippen LogP) is 2.69. The predicted molar refractivity (Wildman–Crippen MR) is 65.3 cm³/mol. The Morgan fingerprint density at radius 2 is 2.07 bits per heavy atom. The SMILES string of the molecule is Br.COc1c(F)cccc1CCCCN. The Bertz CT molecular complexity index is 294. The Morgan fingerprint density at radius 1 is 1.33 bits per heavy atom. The lowest BCUT2D eigenvalue weighted by atomic mass is 10.1. The van der Waals surface area contributed by atoms with Crippen molar-refractivity contribution in [2.24, 2.45) is 5.73 Å². The summed E-state index contributed by atoms with van der Waals surface area (Å²) in [4.78, 5) is 0. The zero-order valence-electron chi connectivity index (χ0n) is 8.83. The monoisotopic (exact) mass is 277 g/mol. The molecular formula is C11H17BrFNO. The molecule has 0 aliphatic rings. The van der Waals surface area contributed by atoms with Gasteiger partial charge in [-0.05, 0) is 37.4 Å². The van der Waals surface area contributed by atoms with Crippen LogP contribution < -0.4 is 10.5 Å². The third-order valence-electron chi connectivity index (χ3n) is 2.15. The minimum Gasteiger partial charge on any atom is -0.493 e. The molecule has 0 radical (unpaired) electrons. The van der Waals surface area contributed by atoms with Crippen LogP contribution in [-0.2, 0) is 6.42 Å². The van der Waals surface area contributed by atoms with Gasteiger partial charge in [0.2, 0.25) is 0 Å². The molecule has 15 heavy (non-hydrogen) atoms. The van der Waals surface area contributed by atoms with Gasteiger partial charge in [0, 0.05) is 0 Å². The summed E-state index contributed by atoms with van der Waals surface area (Å²) < 4.78 is 18.2. The number of rotatable bonds is 5. The first-order chi connectivity index (χ1) is 6.79. The van der Waals surface area contributed by atoms with Gasteiger partial charge in [-0.1, -0.05) is 12.1 Å². The van der Waals surface area contributed by atoms with Crippen LogP contribution in [0, 0.1) is 5.82 Å². The van der Waals surface area contributed by atoms with Gasteiger partial charge in [-0.2, -0.15) is 0 Å². The highest BCUT2D eigenvalue weighted by atomic mass is 79.9. The third-order valence-corrected chi connectivity index (χ3v) is 2.15. The molecule has 0 bridgehead atoms. The number of methoxy groups -OCH3 is 1. The van der Waals surface area contributed by atoms with Crippen molar-refractivity contribution in [3.8, 4) is 5.75 Å². The summed E-state index contributed by atoms with van der Waals surface area (Å²) in [6, 6.07) is 5.00. The summed E-state index contributed by atoms with van der Waals surface area (Å²) in [7, 11) is 1.49. The van der Waals surface area contributed by atoms with E-state index in [1.54, 1.807) is 6.07 Å². The van der Waals surface area contributed by atoms with Gasteiger partial charge in [0.25, 0.3) is 0 Å². The highest BCUT2D eigenvalue weighted by Gasteiger charge is 2.07. The summed E-state index contributed by atoms with van der Waals surface area (Å²) in [5, 5.41) is 0. The van der Waals surface area contributed by atoms with E-state index in [0.29, 0.717) is 12.3 Å². The lowest BCUT2D eigenvalue weighted by molar-refractivity contribution is 0.381. The molecule has 0 saturated heterocycles. The van der Waals surface area contributed by atoms with Gasteiger partial charge in [-0.15, -0.1) is 17.0 Å². The molecule has 2 nitrogen and oxygen atoms in total. The Morgan fingerprint density at radius 3 is 2.67 bits per heavy atom. The second-order valence-corrected chi connectivity index (χ2v) is 3.18. The van der Waals surface area contributed by atoms with Crippen LogP contribution in [0.5, 0.6) is 5.75 Å². The zero-order chi connectivity index (χ0) is 10.4. The van der Waals surface area contributed by atoms with Gasteiger partial charge in [0.15, 0.2) is 11.6 Å². The second kappa shape index (κ2) is 7.65. The fourth-order valence-corrected chi connectivity index (χ4v) is 1.44. The fourth-order valence-electron chi connectivity index (χ4n) is 1.44. The van der Waals surface area contributed by atoms with Crippen LogP contribution in [0.25, 0.3) is 0 Å². The van der Waals surface area contributed by atoms with Crippen LogP contribution in [0.1, 0.15) is 18.4 Å². The number of nitrogens with two attached hydrogens (primary N) is 1. The van der Waals surface area contributed by atoms with Crippen molar-refractivity contribution in [2.75, 3.05) is 13.7 Å². The first-order valence-electron chi connectivity index (χ1n) is 4.81. The number of halogens is 2. The minimum atomic E-state index is -0.294. The molecular weight excluding hydrogens is 261 g/mol. The molecule has 0 spiro atoms. The maximum Gasteiger partial charge on any atom is 0.165 e. The smallest absolute Gasteiger partial charge is 0.165 e. The van der Waals surface area contributed by atoms with Gasteiger partial charge < -0.3 is 10.5 Å². The maximum absolute atomic E-state index is 13.2. The molecule has 4 heteroatoms. The molecule has 0 atom stereocenters. The molecule has 86 valence electrons. The normalized spacial score (nSPS) is 9.53. The van der Waals surface area contributed by atoms with Crippen LogP contribution in [0.4, 0.5) is 4.39 Å². The van der Waals surface area contributed by atoms with Crippen molar-refractivity contribution in [3.63, 3.8) is 0 Å². The van der Waals surface area contributed by atoms with Gasteiger partial charge in [-0.25, -0.2) is 4.39 Å². The van der Waals surface area contributed by atoms with E-state index in [2.05, 4.69) is 0 Å². The van der Waals surface area contributed by atoms with Gasteiger partial charge in [0.1, 0.15) is 0 Å². The zero-order valence-corrected chi connectivity index (χ0v) is 10.5. The lowest BCUT2D eigenvalue weighted by Crippen LogP contribution is -2.00. The number of para-hydroxylation sites is 1. The van der Waals surface area contributed by atoms with Crippen molar-refractivity contribution in [1.29, 1.82) is 0 Å². The van der Waals surface area contributed by atoms with Crippen molar-refractivity contribution in [3.05, 3.63) is 29.6 Å². The quantitative estimate of drug-likeness (QED) is 0.840. The molecule has 0 saturated carbocycles. The lowest BCUT2D eigenvalue weighted by Gasteiger charge is -2.08. The number of unbranched alkanes of at least 4 members (excludes halogenated alkanes) is 1. The van der Waals surface area contributed by atoms with Crippen LogP contribution >= 0.6 is 17.0 Å². The highest BCUT2D eigenvalue weighted by Crippen LogP contribution is 2.23. The summed E-state index contributed by atoms with van der Waals surface area (Å²) in [5.41, 5.74) is 6.31. The molecule has 0 aliphatic heterocycles.